The van der Waals surface area contributed by atoms with Crippen molar-refractivity contribution < 1.29 is 14.6 Å². The molecule has 0 heterocycles. The second-order valence-electron chi connectivity index (χ2n) is 4.08. The van der Waals surface area contributed by atoms with Crippen LogP contribution in [0.2, 0.25) is 0 Å². The van der Waals surface area contributed by atoms with E-state index in [2.05, 4.69) is 13.8 Å². The van der Waals surface area contributed by atoms with E-state index in [4.69, 9.17) is 9.47 Å². The molecule has 2 unspecified atom stereocenters. The Morgan fingerprint density at radius 2 is 1.60 bits per heavy atom. The topological polar surface area (TPSA) is 38.7 Å². The molecule has 0 aromatic carbocycles. The maximum atomic E-state index is 9.21. The van der Waals surface area contributed by atoms with E-state index in [9.17, 15) is 5.11 Å². The second-order valence-corrected chi connectivity index (χ2v) is 4.08. The molecule has 3 nitrogen and oxygen atoms in total. The Balaban J connectivity index is 3.05. The van der Waals surface area contributed by atoms with Crippen LogP contribution < -0.4 is 0 Å². The van der Waals surface area contributed by atoms with Crippen molar-refractivity contribution in [1.82, 2.24) is 0 Å². The Kier molecular flexibility index (Phi) is 10.3. The largest absolute Gasteiger partial charge is 0.391 e. The minimum Gasteiger partial charge on any atom is -0.391 e. The van der Waals surface area contributed by atoms with Crippen LogP contribution in [0.4, 0.5) is 0 Å². The van der Waals surface area contributed by atoms with E-state index in [0.29, 0.717) is 19.1 Å². The van der Waals surface area contributed by atoms with Crippen molar-refractivity contribution in [3.05, 3.63) is 0 Å². The van der Waals surface area contributed by atoms with Crippen molar-refractivity contribution in [1.29, 1.82) is 0 Å². The van der Waals surface area contributed by atoms with Crippen LogP contribution in [-0.2, 0) is 9.47 Å². The highest BCUT2D eigenvalue weighted by molar-refractivity contribution is 4.49. The number of aliphatic hydroxyl groups is 1. The van der Waals surface area contributed by atoms with Gasteiger partial charge in [-0.2, -0.15) is 0 Å². The highest BCUT2D eigenvalue weighted by Gasteiger charge is 2.00. The summed E-state index contributed by atoms with van der Waals surface area (Å²) in [7, 11) is 0. The SMILES string of the molecule is CCC(C)COCCCOCC(O)CC. The van der Waals surface area contributed by atoms with Crippen molar-refractivity contribution >= 4 is 0 Å². The molecule has 15 heavy (non-hydrogen) atoms. The van der Waals surface area contributed by atoms with E-state index >= 15 is 0 Å². The molecule has 0 aliphatic rings. The minimum absolute atomic E-state index is 0.314. The van der Waals surface area contributed by atoms with Crippen LogP contribution in [0.1, 0.15) is 40.0 Å². The normalized spacial score (nSPS) is 15.2. The lowest BCUT2D eigenvalue weighted by atomic mass is 10.1. The first-order chi connectivity index (χ1) is 7.20. The third-order valence-electron chi connectivity index (χ3n) is 2.46. The Bertz CT molecular complexity index is 114. The van der Waals surface area contributed by atoms with Crippen molar-refractivity contribution in [2.24, 2.45) is 5.92 Å². The first kappa shape index (κ1) is 14.9. The molecule has 0 saturated heterocycles. The van der Waals surface area contributed by atoms with Gasteiger partial charge in [0.2, 0.25) is 0 Å². The molecule has 0 aliphatic heterocycles. The predicted molar refractivity (Wildman–Crippen MR) is 62.0 cm³/mol. The summed E-state index contributed by atoms with van der Waals surface area (Å²) in [5, 5.41) is 9.21. The molecule has 0 bridgehead atoms. The molecule has 0 aromatic heterocycles. The number of ether oxygens (including phenoxy) is 2. The van der Waals surface area contributed by atoms with Gasteiger partial charge in [-0.1, -0.05) is 27.2 Å². The van der Waals surface area contributed by atoms with Gasteiger partial charge in [0.25, 0.3) is 0 Å². The van der Waals surface area contributed by atoms with Gasteiger partial charge < -0.3 is 14.6 Å². The number of aliphatic hydroxyl groups excluding tert-OH is 1. The van der Waals surface area contributed by atoms with Gasteiger partial charge in [0, 0.05) is 19.8 Å². The third kappa shape index (κ3) is 10.2. The van der Waals surface area contributed by atoms with Gasteiger partial charge in [0.15, 0.2) is 0 Å². The van der Waals surface area contributed by atoms with E-state index in [-0.39, 0.29) is 6.10 Å². The highest BCUT2D eigenvalue weighted by atomic mass is 16.5. The lowest BCUT2D eigenvalue weighted by Gasteiger charge is -2.10. The molecule has 0 fully saturated rings. The van der Waals surface area contributed by atoms with Crippen LogP contribution in [0.3, 0.4) is 0 Å². The lowest BCUT2D eigenvalue weighted by molar-refractivity contribution is 0.0206. The van der Waals surface area contributed by atoms with Crippen LogP contribution in [0.25, 0.3) is 0 Å². The summed E-state index contributed by atoms with van der Waals surface area (Å²) < 4.78 is 10.8. The minimum atomic E-state index is -0.314. The average molecular weight is 218 g/mol. The summed E-state index contributed by atoms with van der Waals surface area (Å²) in [6, 6.07) is 0. The van der Waals surface area contributed by atoms with E-state index < -0.39 is 0 Å². The Morgan fingerprint density at radius 1 is 1.00 bits per heavy atom. The van der Waals surface area contributed by atoms with Gasteiger partial charge in [-0.25, -0.2) is 0 Å². The maximum absolute atomic E-state index is 9.21. The average Bonchev–Trinajstić information content (AvgIpc) is 2.26. The molecule has 0 saturated carbocycles. The molecule has 0 radical (unpaired) electrons. The van der Waals surface area contributed by atoms with Gasteiger partial charge in [-0.3, -0.25) is 0 Å². The van der Waals surface area contributed by atoms with Gasteiger partial charge in [-0.05, 0) is 18.8 Å². The summed E-state index contributed by atoms with van der Waals surface area (Å²) in [6.45, 7) is 9.03. The lowest BCUT2D eigenvalue weighted by Crippen LogP contribution is -2.15. The predicted octanol–water partition coefficient (Wildman–Crippen LogP) is 2.23. The van der Waals surface area contributed by atoms with Crippen molar-refractivity contribution in [3.8, 4) is 0 Å². The van der Waals surface area contributed by atoms with Crippen LogP contribution in [0.5, 0.6) is 0 Å². The Hall–Kier alpha value is -0.120. The molecule has 1 N–H and O–H groups in total. The quantitative estimate of drug-likeness (QED) is 0.571. The summed E-state index contributed by atoms with van der Waals surface area (Å²) in [5.74, 6) is 0.646. The van der Waals surface area contributed by atoms with E-state index in [1.165, 1.54) is 6.42 Å². The molecular weight excluding hydrogens is 192 g/mol. The zero-order valence-electron chi connectivity index (χ0n) is 10.4. The summed E-state index contributed by atoms with van der Waals surface area (Å²) in [4.78, 5) is 0. The van der Waals surface area contributed by atoms with Gasteiger partial charge in [-0.15, -0.1) is 0 Å². The summed E-state index contributed by atoms with van der Waals surface area (Å²) in [6.07, 6.45) is 2.52. The Morgan fingerprint density at radius 3 is 2.13 bits per heavy atom. The van der Waals surface area contributed by atoms with E-state index in [1.54, 1.807) is 0 Å². The molecule has 3 heteroatoms. The van der Waals surface area contributed by atoms with Crippen LogP contribution in [-0.4, -0.2) is 37.6 Å². The smallest absolute Gasteiger partial charge is 0.0771 e. The van der Waals surface area contributed by atoms with Gasteiger partial charge >= 0.3 is 0 Å². The van der Waals surface area contributed by atoms with Crippen LogP contribution in [0, 0.1) is 5.92 Å². The molecular formula is C12H26O3. The van der Waals surface area contributed by atoms with E-state index in [1.807, 2.05) is 6.92 Å². The second kappa shape index (κ2) is 10.4. The fourth-order valence-corrected chi connectivity index (χ4v) is 1.00. The summed E-state index contributed by atoms with van der Waals surface area (Å²) in [5.41, 5.74) is 0. The van der Waals surface area contributed by atoms with E-state index in [0.717, 1.165) is 26.1 Å². The summed E-state index contributed by atoms with van der Waals surface area (Å²) >= 11 is 0. The molecule has 0 spiro atoms. The standard InChI is InChI=1S/C12H26O3/c1-4-11(3)9-14-7-6-8-15-10-12(13)5-2/h11-13H,4-10H2,1-3H3. The first-order valence-corrected chi connectivity index (χ1v) is 6.04. The molecule has 0 amide bonds. The fraction of sp³-hybridized carbons (Fsp3) is 1.00. The molecule has 0 aliphatic carbocycles. The van der Waals surface area contributed by atoms with Crippen molar-refractivity contribution in [3.63, 3.8) is 0 Å². The zero-order chi connectivity index (χ0) is 11.5. The molecule has 2 atom stereocenters. The fourth-order valence-electron chi connectivity index (χ4n) is 1.00. The molecule has 92 valence electrons. The first-order valence-electron chi connectivity index (χ1n) is 6.04. The maximum Gasteiger partial charge on any atom is 0.0771 e. The molecule has 0 aromatic rings. The van der Waals surface area contributed by atoms with Gasteiger partial charge in [0.1, 0.15) is 0 Å². The third-order valence-corrected chi connectivity index (χ3v) is 2.46. The highest BCUT2D eigenvalue weighted by Crippen LogP contribution is 2.00. The van der Waals surface area contributed by atoms with Crippen LogP contribution in [0.15, 0.2) is 0 Å². The number of rotatable bonds is 10. The van der Waals surface area contributed by atoms with Crippen LogP contribution >= 0.6 is 0 Å². The monoisotopic (exact) mass is 218 g/mol. The number of hydrogen-bond donors (Lipinski definition) is 1. The molecule has 0 rings (SSSR count). The number of hydrogen-bond acceptors (Lipinski definition) is 3. The van der Waals surface area contributed by atoms with Crippen molar-refractivity contribution in [2.45, 2.75) is 46.1 Å². The van der Waals surface area contributed by atoms with Gasteiger partial charge in [0.05, 0.1) is 12.7 Å². The zero-order valence-corrected chi connectivity index (χ0v) is 10.4. The Labute approximate surface area is 93.8 Å². The van der Waals surface area contributed by atoms with Crippen molar-refractivity contribution in [2.75, 3.05) is 26.4 Å².